The van der Waals surface area contributed by atoms with E-state index in [1.54, 1.807) is 12.1 Å². The third-order valence-electron chi connectivity index (χ3n) is 2.71. The molecule has 0 aromatic heterocycles. The molecule has 0 atom stereocenters. The Kier molecular flexibility index (Phi) is 3.68. The van der Waals surface area contributed by atoms with E-state index in [1.807, 2.05) is 30.3 Å². The van der Waals surface area contributed by atoms with Gasteiger partial charge >= 0.3 is 0 Å². The van der Waals surface area contributed by atoms with Gasteiger partial charge in [-0.2, -0.15) is 0 Å². The zero-order valence-electron chi connectivity index (χ0n) is 9.47. The zero-order valence-corrected chi connectivity index (χ0v) is 9.47. The van der Waals surface area contributed by atoms with Crippen LogP contribution in [0.5, 0.6) is 0 Å². The van der Waals surface area contributed by atoms with Gasteiger partial charge in [-0.15, -0.1) is 0 Å². The number of hydrogen-bond acceptors (Lipinski definition) is 2. The highest BCUT2D eigenvalue weighted by atomic mass is 16.2. The van der Waals surface area contributed by atoms with Crippen LogP contribution in [-0.2, 0) is 6.42 Å². The predicted octanol–water partition coefficient (Wildman–Crippen LogP) is 2.70. The first-order valence-electron chi connectivity index (χ1n) is 5.59. The summed E-state index contributed by atoms with van der Waals surface area (Å²) in [6, 6.07) is 15.5. The first-order valence-corrected chi connectivity index (χ1v) is 5.59. The van der Waals surface area contributed by atoms with Crippen LogP contribution < -0.4 is 0 Å². The summed E-state index contributed by atoms with van der Waals surface area (Å²) < 4.78 is 0. The lowest BCUT2D eigenvalue weighted by molar-refractivity contribution is 0.112. The van der Waals surface area contributed by atoms with Gasteiger partial charge in [-0.05, 0) is 23.1 Å². The summed E-state index contributed by atoms with van der Waals surface area (Å²) in [4.78, 5) is 10.6. The Hall–Kier alpha value is -1.93. The number of aldehydes is 1. The van der Waals surface area contributed by atoms with Crippen molar-refractivity contribution in [3.63, 3.8) is 0 Å². The van der Waals surface area contributed by atoms with Crippen molar-refractivity contribution in [2.24, 2.45) is 0 Å². The second kappa shape index (κ2) is 5.41. The molecule has 0 amide bonds. The van der Waals surface area contributed by atoms with E-state index in [0.29, 0.717) is 12.0 Å². The molecule has 0 aliphatic rings. The summed E-state index contributed by atoms with van der Waals surface area (Å²) in [5.74, 6) is 0. The van der Waals surface area contributed by atoms with E-state index in [9.17, 15) is 4.79 Å². The molecule has 0 aliphatic heterocycles. The summed E-state index contributed by atoms with van der Waals surface area (Å²) >= 11 is 0. The van der Waals surface area contributed by atoms with Crippen LogP contribution in [0.4, 0.5) is 0 Å². The summed E-state index contributed by atoms with van der Waals surface area (Å²) in [5, 5.41) is 8.91. The van der Waals surface area contributed by atoms with Crippen molar-refractivity contribution >= 4 is 6.29 Å². The standard InChI is InChI=1S/C15H14O2/c16-9-8-12-2-1-3-15(10-12)14-6-4-13(11-17)5-7-14/h1-7,10-11,16H,8-9H2. The number of benzene rings is 2. The van der Waals surface area contributed by atoms with Gasteiger partial charge in [0.25, 0.3) is 0 Å². The van der Waals surface area contributed by atoms with Crippen molar-refractivity contribution in [3.8, 4) is 11.1 Å². The predicted molar refractivity (Wildman–Crippen MR) is 68.1 cm³/mol. The van der Waals surface area contributed by atoms with E-state index in [1.165, 1.54) is 0 Å². The Morgan fingerprint density at radius 3 is 2.41 bits per heavy atom. The summed E-state index contributed by atoms with van der Waals surface area (Å²) in [5.41, 5.74) is 3.98. The Balaban J connectivity index is 2.31. The molecule has 0 saturated carbocycles. The highest BCUT2D eigenvalue weighted by Crippen LogP contribution is 2.20. The van der Waals surface area contributed by atoms with Crippen molar-refractivity contribution < 1.29 is 9.90 Å². The maximum Gasteiger partial charge on any atom is 0.150 e. The maximum absolute atomic E-state index is 10.6. The first kappa shape index (κ1) is 11.6. The molecule has 0 heterocycles. The van der Waals surface area contributed by atoms with Crippen LogP contribution in [0.25, 0.3) is 11.1 Å². The molecule has 0 aliphatic carbocycles. The second-order valence-electron chi connectivity index (χ2n) is 3.91. The van der Waals surface area contributed by atoms with E-state index in [-0.39, 0.29) is 6.61 Å². The van der Waals surface area contributed by atoms with Gasteiger partial charge in [-0.1, -0.05) is 48.5 Å². The molecular weight excluding hydrogens is 212 g/mol. The zero-order chi connectivity index (χ0) is 12.1. The van der Waals surface area contributed by atoms with Crippen LogP contribution in [0.1, 0.15) is 15.9 Å². The lowest BCUT2D eigenvalue weighted by Gasteiger charge is -2.04. The molecule has 1 N–H and O–H groups in total. The van der Waals surface area contributed by atoms with Gasteiger partial charge in [0.2, 0.25) is 0 Å². The van der Waals surface area contributed by atoms with Crippen molar-refractivity contribution in [2.75, 3.05) is 6.61 Å². The number of rotatable bonds is 4. The molecule has 2 rings (SSSR count). The minimum atomic E-state index is 0.160. The quantitative estimate of drug-likeness (QED) is 0.814. The van der Waals surface area contributed by atoms with E-state index in [2.05, 4.69) is 6.07 Å². The molecule has 2 heteroatoms. The molecule has 2 aromatic rings. The molecule has 17 heavy (non-hydrogen) atoms. The normalized spacial score (nSPS) is 10.2. The van der Waals surface area contributed by atoms with Crippen molar-refractivity contribution in [2.45, 2.75) is 6.42 Å². The Morgan fingerprint density at radius 2 is 1.76 bits per heavy atom. The molecule has 0 unspecified atom stereocenters. The minimum absolute atomic E-state index is 0.160. The van der Waals surface area contributed by atoms with Crippen LogP contribution in [0, 0.1) is 0 Å². The molecular formula is C15H14O2. The lowest BCUT2D eigenvalue weighted by atomic mass is 10.0. The SMILES string of the molecule is O=Cc1ccc(-c2cccc(CCO)c2)cc1. The fourth-order valence-corrected chi connectivity index (χ4v) is 1.79. The van der Waals surface area contributed by atoms with Crippen molar-refractivity contribution in [1.29, 1.82) is 0 Å². The topological polar surface area (TPSA) is 37.3 Å². The number of carbonyl (C=O) groups is 1. The van der Waals surface area contributed by atoms with Crippen LogP contribution in [0.15, 0.2) is 48.5 Å². The summed E-state index contributed by atoms with van der Waals surface area (Å²) in [7, 11) is 0. The fraction of sp³-hybridized carbons (Fsp3) is 0.133. The number of aliphatic hydroxyl groups excluding tert-OH is 1. The van der Waals surface area contributed by atoms with Crippen LogP contribution in [0.3, 0.4) is 0 Å². The number of hydrogen-bond donors (Lipinski definition) is 1. The monoisotopic (exact) mass is 226 g/mol. The maximum atomic E-state index is 10.6. The van der Waals surface area contributed by atoms with Gasteiger partial charge in [-0.3, -0.25) is 4.79 Å². The van der Waals surface area contributed by atoms with E-state index in [0.717, 1.165) is 23.0 Å². The molecule has 0 radical (unpaired) electrons. The lowest BCUT2D eigenvalue weighted by Crippen LogP contribution is -1.90. The fourth-order valence-electron chi connectivity index (χ4n) is 1.79. The number of carbonyl (C=O) groups excluding carboxylic acids is 1. The van der Waals surface area contributed by atoms with Crippen molar-refractivity contribution in [3.05, 3.63) is 59.7 Å². The summed E-state index contributed by atoms with van der Waals surface area (Å²) in [6.45, 7) is 0.160. The van der Waals surface area contributed by atoms with Crippen LogP contribution in [0.2, 0.25) is 0 Å². The van der Waals surface area contributed by atoms with E-state index >= 15 is 0 Å². The van der Waals surface area contributed by atoms with Gasteiger partial charge in [0.15, 0.2) is 0 Å². The average molecular weight is 226 g/mol. The Bertz CT molecular complexity index is 501. The molecule has 86 valence electrons. The molecule has 0 bridgehead atoms. The van der Waals surface area contributed by atoms with Gasteiger partial charge in [0, 0.05) is 12.2 Å². The minimum Gasteiger partial charge on any atom is -0.396 e. The molecule has 0 fully saturated rings. The Labute approximate surface area is 101 Å². The van der Waals surface area contributed by atoms with Crippen LogP contribution >= 0.6 is 0 Å². The first-order chi connectivity index (χ1) is 8.33. The van der Waals surface area contributed by atoms with E-state index in [4.69, 9.17) is 5.11 Å². The average Bonchev–Trinajstić information content (AvgIpc) is 2.40. The van der Waals surface area contributed by atoms with Gasteiger partial charge < -0.3 is 5.11 Å². The van der Waals surface area contributed by atoms with Crippen LogP contribution in [-0.4, -0.2) is 18.0 Å². The number of aliphatic hydroxyl groups is 1. The van der Waals surface area contributed by atoms with Gasteiger partial charge in [0.1, 0.15) is 6.29 Å². The smallest absolute Gasteiger partial charge is 0.150 e. The third kappa shape index (κ3) is 2.80. The largest absolute Gasteiger partial charge is 0.396 e. The Morgan fingerprint density at radius 1 is 1.00 bits per heavy atom. The van der Waals surface area contributed by atoms with Crippen molar-refractivity contribution in [1.82, 2.24) is 0 Å². The highest BCUT2D eigenvalue weighted by Gasteiger charge is 1.99. The highest BCUT2D eigenvalue weighted by molar-refractivity contribution is 5.77. The third-order valence-corrected chi connectivity index (χ3v) is 2.71. The second-order valence-corrected chi connectivity index (χ2v) is 3.91. The molecule has 2 nitrogen and oxygen atoms in total. The summed E-state index contributed by atoms with van der Waals surface area (Å²) in [6.07, 6.45) is 1.51. The molecule has 2 aromatic carbocycles. The molecule has 0 spiro atoms. The van der Waals surface area contributed by atoms with Gasteiger partial charge in [-0.25, -0.2) is 0 Å². The van der Waals surface area contributed by atoms with E-state index < -0.39 is 0 Å². The molecule has 0 saturated heterocycles. The van der Waals surface area contributed by atoms with Gasteiger partial charge in [0.05, 0.1) is 0 Å².